The molecule has 0 radical (unpaired) electrons. The fraction of sp³-hybridized carbons (Fsp3) is 0.526. The minimum Gasteiger partial charge on any atom is -0.348 e. The average Bonchev–Trinajstić information content (AvgIpc) is 2.72. The number of aromatic nitrogens is 1. The third kappa shape index (κ3) is 3.97. The van der Waals surface area contributed by atoms with Crippen LogP contribution < -0.4 is 5.32 Å². The number of carbonyl (C=O) groups excluding carboxylic acids is 1. The van der Waals surface area contributed by atoms with E-state index >= 15 is 0 Å². The van der Waals surface area contributed by atoms with Crippen molar-refractivity contribution in [3.05, 3.63) is 28.9 Å². The van der Waals surface area contributed by atoms with Crippen LogP contribution in [0.5, 0.6) is 0 Å². The minimum atomic E-state index is 0.137. The molecule has 0 atom stereocenters. The highest BCUT2D eigenvalue weighted by molar-refractivity contribution is 9.10. The van der Waals surface area contributed by atoms with Crippen LogP contribution in [0.15, 0.2) is 28.9 Å². The second kappa shape index (κ2) is 7.52. The van der Waals surface area contributed by atoms with Crippen molar-refractivity contribution in [2.75, 3.05) is 5.32 Å². The highest BCUT2D eigenvalue weighted by atomic mass is 79.9. The molecule has 1 N–H and O–H groups in total. The van der Waals surface area contributed by atoms with Crippen LogP contribution in [-0.4, -0.2) is 10.5 Å². The van der Waals surface area contributed by atoms with E-state index in [1.807, 2.05) is 25.4 Å². The van der Waals surface area contributed by atoms with Gasteiger partial charge in [0.2, 0.25) is 5.91 Å². The van der Waals surface area contributed by atoms with Gasteiger partial charge in [-0.25, -0.2) is 0 Å². The zero-order valence-electron chi connectivity index (χ0n) is 13.8. The highest BCUT2D eigenvalue weighted by Crippen LogP contribution is 2.32. The van der Waals surface area contributed by atoms with E-state index in [0.29, 0.717) is 6.42 Å². The largest absolute Gasteiger partial charge is 0.348 e. The third-order valence-electron chi connectivity index (χ3n) is 4.99. The lowest BCUT2D eigenvalue weighted by molar-refractivity contribution is -0.116. The summed E-state index contributed by atoms with van der Waals surface area (Å²) in [4.78, 5) is 12.4. The summed E-state index contributed by atoms with van der Waals surface area (Å²) in [5.41, 5.74) is 2.03. The summed E-state index contributed by atoms with van der Waals surface area (Å²) < 4.78 is 3.08. The Morgan fingerprint density at radius 2 is 2.00 bits per heavy atom. The lowest BCUT2D eigenvalue weighted by atomic mass is 9.95. The molecule has 0 bridgehead atoms. The fourth-order valence-electron chi connectivity index (χ4n) is 3.70. The number of benzene rings is 1. The smallest absolute Gasteiger partial charge is 0.224 e. The van der Waals surface area contributed by atoms with Gasteiger partial charge in [-0.1, -0.05) is 60.5 Å². The number of halogens is 1. The van der Waals surface area contributed by atoms with Crippen molar-refractivity contribution in [3.8, 4) is 0 Å². The fourth-order valence-corrected chi connectivity index (χ4v) is 4.27. The molecule has 3 rings (SSSR count). The molecule has 23 heavy (non-hydrogen) atoms. The molecule has 2 aromatic rings. The second-order valence-corrected chi connectivity index (χ2v) is 7.59. The van der Waals surface area contributed by atoms with Crippen LogP contribution >= 0.6 is 15.9 Å². The Kier molecular flexibility index (Phi) is 5.42. The van der Waals surface area contributed by atoms with Crippen molar-refractivity contribution >= 4 is 38.4 Å². The molecule has 0 unspecified atom stereocenters. The molecule has 1 saturated carbocycles. The Bertz CT molecular complexity index is 684. The van der Waals surface area contributed by atoms with Crippen molar-refractivity contribution in [2.24, 2.45) is 13.0 Å². The molecule has 1 heterocycles. The number of anilines is 1. The Balaban J connectivity index is 1.64. The predicted octanol–water partition coefficient (Wildman–Crippen LogP) is 5.63. The summed E-state index contributed by atoms with van der Waals surface area (Å²) in [7, 11) is 2.01. The summed E-state index contributed by atoms with van der Waals surface area (Å²) >= 11 is 3.60. The Morgan fingerprint density at radius 1 is 1.26 bits per heavy atom. The van der Waals surface area contributed by atoms with Gasteiger partial charge in [0.1, 0.15) is 0 Å². The topological polar surface area (TPSA) is 34.0 Å². The van der Waals surface area contributed by atoms with E-state index in [1.165, 1.54) is 38.5 Å². The van der Waals surface area contributed by atoms with Gasteiger partial charge in [0.05, 0.1) is 11.2 Å². The highest BCUT2D eigenvalue weighted by Gasteiger charge is 2.16. The first-order chi connectivity index (χ1) is 11.1. The molecule has 1 aromatic carbocycles. The monoisotopic (exact) mass is 376 g/mol. The Morgan fingerprint density at radius 3 is 2.74 bits per heavy atom. The van der Waals surface area contributed by atoms with Gasteiger partial charge in [0, 0.05) is 29.5 Å². The molecular weight excluding hydrogens is 352 g/mol. The number of hydrogen-bond donors (Lipinski definition) is 1. The summed E-state index contributed by atoms with van der Waals surface area (Å²) in [6.07, 6.45) is 11.7. The van der Waals surface area contributed by atoms with Gasteiger partial charge in [-0.15, -0.1) is 0 Å². The van der Waals surface area contributed by atoms with Crippen molar-refractivity contribution in [3.63, 3.8) is 0 Å². The van der Waals surface area contributed by atoms with Crippen LogP contribution in [-0.2, 0) is 11.8 Å². The van der Waals surface area contributed by atoms with Gasteiger partial charge in [-0.3, -0.25) is 4.79 Å². The molecule has 1 amide bonds. The number of nitrogens with zero attached hydrogens (tertiary/aromatic N) is 1. The molecule has 0 saturated heterocycles. The number of rotatable bonds is 4. The Labute approximate surface area is 146 Å². The molecule has 1 fully saturated rings. The van der Waals surface area contributed by atoms with E-state index in [4.69, 9.17) is 0 Å². The molecule has 124 valence electrons. The van der Waals surface area contributed by atoms with Crippen molar-refractivity contribution in [1.29, 1.82) is 0 Å². The number of fused-ring (bicyclic) bond motifs is 1. The van der Waals surface area contributed by atoms with Gasteiger partial charge in [-0.05, 0) is 24.5 Å². The maximum atomic E-state index is 12.4. The molecular formula is C19H25BrN2O. The SMILES string of the molecule is Cn1cc(NC(=O)CCC2CCCCCC2)c2c(Br)cccc21. The van der Waals surface area contributed by atoms with Gasteiger partial charge < -0.3 is 9.88 Å². The first-order valence-corrected chi connectivity index (χ1v) is 9.48. The molecule has 1 aliphatic rings. The van der Waals surface area contributed by atoms with E-state index in [2.05, 4.69) is 31.9 Å². The molecule has 0 spiro atoms. The lowest BCUT2D eigenvalue weighted by Crippen LogP contribution is -2.13. The van der Waals surface area contributed by atoms with Crippen LogP contribution in [0.4, 0.5) is 5.69 Å². The first-order valence-electron chi connectivity index (χ1n) is 8.68. The summed E-state index contributed by atoms with van der Waals surface area (Å²) in [6.45, 7) is 0. The van der Waals surface area contributed by atoms with Crippen LogP contribution in [0.1, 0.15) is 51.4 Å². The maximum absolute atomic E-state index is 12.4. The summed E-state index contributed by atoms with van der Waals surface area (Å²) in [5.74, 6) is 0.875. The molecule has 0 aliphatic heterocycles. The van der Waals surface area contributed by atoms with Crippen molar-refractivity contribution in [1.82, 2.24) is 4.57 Å². The van der Waals surface area contributed by atoms with Gasteiger partial charge >= 0.3 is 0 Å². The third-order valence-corrected chi connectivity index (χ3v) is 5.65. The quantitative estimate of drug-likeness (QED) is 0.689. The standard InChI is InChI=1S/C19H25BrN2O/c1-22-13-16(19-15(20)9-6-10-17(19)22)21-18(23)12-11-14-7-4-2-3-5-8-14/h6,9-10,13-14H,2-5,7-8,11-12H2,1H3,(H,21,23). The molecule has 1 aliphatic carbocycles. The number of aryl methyl sites for hydroxylation is 1. The van der Waals surface area contributed by atoms with E-state index in [0.717, 1.165) is 33.4 Å². The van der Waals surface area contributed by atoms with E-state index in [9.17, 15) is 4.79 Å². The lowest BCUT2D eigenvalue weighted by Gasteiger charge is -2.13. The van der Waals surface area contributed by atoms with Crippen LogP contribution in [0.2, 0.25) is 0 Å². The summed E-state index contributed by atoms with van der Waals surface area (Å²) in [5, 5.41) is 4.19. The number of carbonyl (C=O) groups is 1. The average molecular weight is 377 g/mol. The summed E-state index contributed by atoms with van der Waals surface area (Å²) in [6, 6.07) is 6.11. The first kappa shape index (κ1) is 16.6. The number of hydrogen-bond acceptors (Lipinski definition) is 1. The van der Waals surface area contributed by atoms with Gasteiger partial charge in [0.15, 0.2) is 0 Å². The normalized spacial score (nSPS) is 16.4. The maximum Gasteiger partial charge on any atom is 0.224 e. The van der Waals surface area contributed by atoms with Gasteiger partial charge in [-0.2, -0.15) is 0 Å². The number of nitrogens with one attached hydrogen (secondary N) is 1. The number of amides is 1. The van der Waals surface area contributed by atoms with Crippen molar-refractivity contribution < 1.29 is 4.79 Å². The van der Waals surface area contributed by atoms with E-state index in [1.54, 1.807) is 0 Å². The minimum absolute atomic E-state index is 0.137. The Hall–Kier alpha value is -1.29. The van der Waals surface area contributed by atoms with E-state index in [-0.39, 0.29) is 5.91 Å². The van der Waals surface area contributed by atoms with Crippen LogP contribution in [0.25, 0.3) is 10.9 Å². The van der Waals surface area contributed by atoms with Crippen LogP contribution in [0, 0.1) is 5.92 Å². The van der Waals surface area contributed by atoms with E-state index < -0.39 is 0 Å². The van der Waals surface area contributed by atoms with Crippen LogP contribution in [0.3, 0.4) is 0 Å². The molecule has 1 aromatic heterocycles. The van der Waals surface area contributed by atoms with Crippen molar-refractivity contribution in [2.45, 2.75) is 51.4 Å². The zero-order chi connectivity index (χ0) is 16.2. The van der Waals surface area contributed by atoms with Gasteiger partial charge in [0.25, 0.3) is 0 Å². The molecule has 4 heteroatoms. The zero-order valence-corrected chi connectivity index (χ0v) is 15.4. The predicted molar refractivity (Wildman–Crippen MR) is 99.7 cm³/mol. The second-order valence-electron chi connectivity index (χ2n) is 6.73. The molecule has 3 nitrogen and oxygen atoms in total.